The lowest BCUT2D eigenvalue weighted by atomic mass is 9.84. The molecule has 1 aliphatic carbocycles. The number of nitrogens with zero attached hydrogens (tertiary/aromatic N) is 4. The van der Waals surface area contributed by atoms with Crippen molar-refractivity contribution < 1.29 is 18.0 Å². The molecule has 1 fully saturated rings. The number of nitrogens with one attached hydrogen (secondary N) is 1. The first-order valence-corrected chi connectivity index (χ1v) is 13.2. The van der Waals surface area contributed by atoms with E-state index in [9.17, 15) is 18.0 Å². The van der Waals surface area contributed by atoms with Crippen LogP contribution in [0.4, 0.5) is 13.2 Å². The van der Waals surface area contributed by atoms with Gasteiger partial charge in [0, 0.05) is 36.9 Å². The molecule has 182 valence electrons. The highest BCUT2D eigenvalue weighted by Gasteiger charge is 2.29. The average Bonchev–Trinajstić information content (AvgIpc) is 3.36. The van der Waals surface area contributed by atoms with Crippen LogP contribution in [0.5, 0.6) is 0 Å². The Labute approximate surface area is 200 Å². The molecule has 1 N–H and O–H groups in total. The van der Waals surface area contributed by atoms with Crippen molar-refractivity contribution in [1.82, 2.24) is 25.4 Å². The van der Waals surface area contributed by atoms with Crippen LogP contribution in [-0.2, 0) is 30.6 Å². The Bertz CT molecular complexity index is 937. The molecule has 4 rings (SSSR count). The molecule has 0 saturated heterocycles. The number of aryl methyl sites for hydroxylation is 2. The highest BCUT2D eigenvalue weighted by molar-refractivity contribution is 7.11. The third-order valence-corrected chi connectivity index (χ3v) is 8.47. The standard InChI is InChI=1S/C22H30F3N5OS2/c1-14-28-29-21(32-14)12-19(31)26-16-4-2-15(3-5-16)7-10-30-11-8-18-17(13-30)27-20(33-18)6-9-22(23,24)25/h15-16H,2-13H2,1H3,(H,26,31)/t15-,16-. The summed E-state index contributed by atoms with van der Waals surface area (Å²) in [6, 6.07) is 0.241. The van der Waals surface area contributed by atoms with Crippen LogP contribution in [0.3, 0.4) is 0 Å². The van der Waals surface area contributed by atoms with Crippen LogP contribution < -0.4 is 5.32 Å². The highest BCUT2D eigenvalue weighted by atomic mass is 32.1. The number of hydrogen-bond acceptors (Lipinski definition) is 7. The molecule has 0 bridgehead atoms. The normalized spacial score (nSPS) is 21.7. The van der Waals surface area contributed by atoms with E-state index in [1.54, 1.807) is 0 Å². The SMILES string of the molecule is Cc1nnc(CC(=O)N[C@H]2CC[C@H](CCN3CCc4sc(CCC(F)(F)F)nc4C3)CC2)s1. The lowest BCUT2D eigenvalue weighted by Gasteiger charge is -2.32. The topological polar surface area (TPSA) is 71.0 Å². The zero-order chi connectivity index (χ0) is 23.4. The summed E-state index contributed by atoms with van der Waals surface area (Å²) in [5.41, 5.74) is 0.973. The minimum atomic E-state index is -4.13. The largest absolute Gasteiger partial charge is 0.389 e. The second-order valence-electron chi connectivity index (χ2n) is 9.08. The summed E-state index contributed by atoms with van der Waals surface area (Å²) < 4.78 is 37.5. The van der Waals surface area contributed by atoms with Crippen molar-refractivity contribution >= 4 is 28.6 Å². The second-order valence-corrected chi connectivity index (χ2v) is 11.5. The molecule has 11 heteroatoms. The van der Waals surface area contributed by atoms with E-state index >= 15 is 0 Å². The van der Waals surface area contributed by atoms with Crippen LogP contribution in [0, 0.1) is 12.8 Å². The molecule has 0 radical (unpaired) electrons. The molecular weight excluding hydrogens is 471 g/mol. The number of amides is 1. The zero-order valence-electron chi connectivity index (χ0n) is 18.8. The lowest BCUT2D eigenvalue weighted by Crippen LogP contribution is -2.39. The maximum Gasteiger partial charge on any atom is 0.389 e. The smallest absolute Gasteiger partial charge is 0.353 e. The summed E-state index contributed by atoms with van der Waals surface area (Å²) in [5.74, 6) is 0.680. The van der Waals surface area contributed by atoms with Gasteiger partial charge in [0.25, 0.3) is 0 Å². The van der Waals surface area contributed by atoms with Crippen LogP contribution in [-0.4, -0.2) is 51.3 Å². The molecule has 0 aromatic carbocycles. The predicted molar refractivity (Wildman–Crippen MR) is 122 cm³/mol. The number of fused-ring (bicyclic) bond motifs is 1. The number of hydrogen-bond donors (Lipinski definition) is 1. The first kappa shape index (κ1) is 24.5. The Morgan fingerprint density at radius 2 is 1.94 bits per heavy atom. The molecule has 1 saturated carbocycles. The lowest BCUT2D eigenvalue weighted by molar-refractivity contribution is -0.134. The zero-order valence-corrected chi connectivity index (χ0v) is 20.4. The summed E-state index contributed by atoms with van der Waals surface area (Å²) in [4.78, 5) is 20.3. The fourth-order valence-electron chi connectivity index (χ4n) is 4.64. The first-order valence-electron chi connectivity index (χ1n) is 11.6. The molecule has 2 aliphatic rings. The van der Waals surface area contributed by atoms with Crippen molar-refractivity contribution in [2.45, 2.75) is 83.5 Å². The van der Waals surface area contributed by atoms with Crippen LogP contribution >= 0.6 is 22.7 Å². The minimum absolute atomic E-state index is 0.0126. The van der Waals surface area contributed by atoms with Crippen molar-refractivity contribution in [2.75, 3.05) is 13.1 Å². The number of halogens is 3. The summed E-state index contributed by atoms with van der Waals surface area (Å²) >= 11 is 2.91. The molecule has 0 atom stereocenters. The number of carbonyl (C=O) groups is 1. The van der Waals surface area contributed by atoms with Gasteiger partial charge in [-0.3, -0.25) is 9.69 Å². The van der Waals surface area contributed by atoms with Crippen LogP contribution in [0.2, 0.25) is 0 Å². The summed E-state index contributed by atoms with van der Waals surface area (Å²) in [6.45, 7) is 4.57. The van der Waals surface area contributed by atoms with Gasteiger partial charge in [0.1, 0.15) is 10.0 Å². The molecule has 2 aromatic rings. The van der Waals surface area contributed by atoms with E-state index in [4.69, 9.17) is 0 Å². The molecule has 33 heavy (non-hydrogen) atoms. The average molecular weight is 502 g/mol. The maximum absolute atomic E-state index is 12.5. The minimum Gasteiger partial charge on any atom is -0.353 e. The quantitative estimate of drug-likeness (QED) is 0.578. The van der Waals surface area contributed by atoms with Crippen LogP contribution in [0.15, 0.2) is 0 Å². The van der Waals surface area contributed by atoms with Gasteiger partial charge in [-0.25, -0.2) is 4.98 Å². The molecule has 1 aliphatic heterocycles. The van der Waals surface area contributed by atoms with Gasteiger partial charge >= 0.3 is 6.18 Å². The third kappa shape index (κ3) is 7.45. The second kappa shape index (κ2) is 10.8. The molecule has 0 spiro atoms. The Morgan fingerprint density at radius 1 is 1.15 bits per heavy atom. The number of thiazole rings is 1. The van der Waals surface area contributed by atoms with E-state index in [1.165, 1.54) is 22.7 Å². The van der Waals surface area contributed by atoms with E-state index in [2.05, 4.69) is 25.4 Å². The van der Waals surface area contributed by atoms with E-state index < -0.39 is 12.6 Å². The van der Waals surface area contributed by atoms with E-state index in [1.807, 2.05) is 6.92 Å². The van der Waals surface area contributed by atoms with E-state index in [-0.39, 0.29) is 18.4 Å². The van der Waals surface area contributed by atoms with Crippen molar-refractivity contribution in [1.29, 1.82) is 0 Å². The van der Waals surface area contributed by atoms with Crippen LogP contribution in [0.25, 0.3) is 0 Å². The fraction of sp³-hybridized carbons (Fsp3) is 0.727. The van der Waals surface area contributed by atoms with Gasteiger partial charge < -0.3 is 5.32 Å². The van der Waals surface area contributed by atoms with Crippen molar-refractivity contribution in [3.8, 4) is 0 Å². The van der Waals surface area contributed by atoms with Gasteiger partial charge in [-0.15, -0.1) is 32.9 Å². The number of alkyl halides is 3. The number of carbonyl (C=O) groups excluding carboxylic acids is 1. The molecule has 0 unspecified atom stereocenters. The third-order valence-electron chi connectivity index (χ3n) is 6.42. The Kier molecular flexibility index (Phi) is 8.01. The van der Waals surface area contributed by atoms with Gasteiger partial charge in [-0.05, 0) is 57.9 Å². The monoisotopic (exact) mass is 501 g/mol. The molecule has 1 amide bonds. The summed E-state index contributed by atoms with van der Waals surface area (Å²) in [5, 5.41) is 13.4. The summed E-state index contributed by atoms with van der Waals surface area (Å²) in [7, 11) is 0. The van der Waals surface area contributed by atoms with Gasteiger partial charge in [-0.2, -0.15) is 13.2 Å². The predicted octanol–water partition coefficient (Wildman–Crippen LogP) is 4.46. The number of rotatable bonds is 8. The fourth-order valence-corrected chi connectivity index (χ4v) is 6.41. The molecule has 6 nitrogen and oxygen atoms in total. The van der Waals surface area contributed by atoms with E-state index in [0.717, 1.165) is 78.7 Å². The molecule has 3 heterocycles. The van der Waals surface area contributed by atoms with Crippen LogP contribution in [0.1, 0.15) is 64.1 Å². The van der Waals surface area contributed by atoms with Gasteiger partial charge in [0.05, 0.1) is 17.1 Å². The Morgan fingerprint density at radius 3 is 2.64 bits per heavy atom. The highest BCUT2D eigenvalue weighted by Crippen LogP contribution is 2.31. The summed E-state index contributed by atoms with van der Waals surface area (Å²) in [6.07, 6.45) is 1.59. The van der Waals surface area contributed by atoms with E-state index in [0.29, 0.717) is 17.3 Å². The Hall–Kier alpha value is -1.59. The van der Waals surface area contributed by atoms with Gasteiger partial charge in [0.2, 0.25) is 5.91 Å². The Balaban J connectivity index is 1.15. The van der Waals surface area contributed by atoms with Crippen molar-refractivity contribution in [2.24, 2.45) is 5.92 Å². The van der Waals surface area contributed by atoms with Crippen molar-refractivity contribution in [3.05, 3.63) is 25.6 Å². The number of aromatic nitrogens is 3. The molecule has 2 aromatic heterocycles. The van der Waals surface area contributed by atoms with Crippen molar-refractivity contribution in [3.63, 3.8) is 0 Å². The van der Waals surface area contributed by atoms with Gasteiger partial charge in [-0.1, -0.05) is 0 Å². The molecular formula is C22H30F3N5OS2. The maximum atomic E-state index is 12.5. The first-order chi connectivity index (χ1) is 15.7. The van der Waals surface area contributed by atoms with Gasteiger partial charge in [0.15, 0.2) is 0 Å².